The van der Waals surface area contributed by atoms with E-state index in [1.54, 1.807) is 18.9 Å². The number of hydrogen-bond donors (Lipinski definition) is 2. The van der Waals surface area contributed by atoms with Crippen LogP contribution in [0.2, 0.25) is 5.02 Å². The fourth-order valence-corrected chi connectivity index (χ4v) is 5.71. The molecule has 1 aliphatic heterocycles. The minimum atomic E-state index is -0.317. The Morgan fingerprint density at radius 3 is 1.96 bits per heavy atom. The van der Waals surface area contributed by atoms with Gasteiger partial charge < -0.3 is 25.0 Å². The summed E-state index contributed by atoms with van der Waals surface area (Å²) in [6.07, 6.45) is 6.03. The number of nitrogens with zero attached hydrogens (tertiary/aromatic N) is 7. The Bertz CT molecular complexity index is 1790. The van der Waals surface area contributed by atoms with Gasteiger partial charge in [-0.1, -0.05) is 48.0 Å². The number of anilines is 3. The van der Waals surface area contributed by atoms with Gasteiger partial charge in [0.2, 0.25) is 11.9 Å². The molecule has 5 aromatic rings. The van der Waals surface area contributed by atoms with Crippen molar-refractivity contribution in [3.05, 3.63) is 112 Å². The first kappa shape index (κ1) is 33.7. The summed E-state index contributed by atoms with van der Waals surface area (Å²) in [6.45, 7) is 7.13. The zero-order valence-electron chi connectivity index (χ0n) is 27.7. The number of methoxy groups -OCH3 is 2. The van der Waals surface area contributed by atoms with Crippen LogP contribution in [0.25, 0.3) is 12.0 Å². The maximum Gasteiger partial charge on any atom is 0.257 e. The highest BCUT2D eigenvalue weighted by atomic mass is 35.5. The number of benzene rings is 3. The second-order valence-corrected chi connectivity index (χ2v) is 12.0. The van der Waals surface area contributed by atoms with Gasteiger partial charge in [0, 0.05) is 62.1 Å². The van der Waals surface area contributed by atoms with Gasteiger partial charge in [0.1, 0.15) is 17.3 Å². The SMILES string of the molecule is COc1ccc(CNc2nc(NCc3ccc(OC)cc3)nc(-n3ncc(/C=C/CN4CCN(c5cc(F)cc(Cl)c5)CC4)c3C)n2)cc1. The molecule has 6 rings (SSSR count). The fraction of sp³-hybridized carbons (Fsp3) is 0.278. The molecule has 0 bridgehead atoms. The number of aromatic nitrogens is 5. The average molecular weight is 684 g/mol. The van der Waals surface area contributed by atoms with Crippen molar-refractivity contribution in [3.8, 4) is 17.4 Å². The van der Waals surface area contributed by atoms with Crippen molar-refractivity contribution < 1.29 is 13.9 Å². The van der Waals surface area contributed by atoms with Gasteiger partial charge in [0.15, 0.2) is 0 Å². The summed E-state index contributed by atoms with van der Waals surface area (Å²) in [5, 5.41) is 11.7. The third-order valence-electron chi connectivity index (χ3n) is 8.33. The Morgan fingerprint density at radius 1 is 0.816 bits per heavy atom. The van der Waals surface area contributed by atoms with E-state index in [4.69, 9.17) is 31.0 Å². The quantitative estimate of drug-likeness (QED) is 0.148. The summed E-state index contributed by atoms with van der Waals surface area (Å²) < 4.78 is 26.1. The summed E-state index contributed by atoms with van der Waals surface area (Å²) in [5.74, 6) is 2.52. The zero-order chi connectivity index (χ0) is 34.2. The molecule has 0 atom stereocenters. The third-order valence-corrected chi connectivity index (χ3v) is 8.54. The highest BCUT2D eigenvalue weighted by Gasteiger charge is 2.18. The van der Waals surface area contributed by atoms with E-state index in [9.17, 15) is 4.39 Å². The van der Waals surface area contributed by atoms with Gasteiger partial charge in [-0.2, -0.15) is 20.1 Å². The topological polar surface area (TPSA) is 105 Å². The van der Waals surface area contributed by atoms with Crippen molar-refractivity contribution in [1.29, 1.82) is 0 Å². The minimum Gasteiger partial charge on any atom is -0.497 e. The zero-order valence-corrected chi connectivity index (χ0v) is 28.5. The molecule has 0 radical (unpaired) electrons. The molecule has 0 unspecified atom stereocenters. The van der Waals surface area contributed by atoms with Crippen LogP contribution in [-0.4, -0.2) is 76.6 Å². The summed E-state index contributed by atoms with van der Waals surface area (Å²) in [6, 6.07) is 20.3. The normalized spacial score (nSPS) is 13.5. The molecule has 0 aliphatic carbocycles. The van der Waals surface area contributed by atoms with Gasteiger partial charge in [-0.05, 0) is 60.5 Å². The van der Waals surface area contributed by atoms with Gasteiger partial charge >= 0.3 is 0 Å². The molecule has 0 spiro atoms. The molecule has 3 aromatic carbocycles. The van der Waals surface area contributed by atoms with Gasteiger partial charge in [-0.3, -0.25) is 4.90 Å². The van der Waals surface area contributed by atoms with Crippen LogP contribution in [-0.2, 0) is 13.1 Å². The van der Waals surface area contributed by atoms with E-state index in [0.29, 0.717) is 36.0 Å². The van der Waals surface area contributed by atoms with Gasteiger partial charge in [0.25, 0.3) is 5.95 Å². The van der Waals surface area contributed by atoms with E-state index in [0.717, 1.165) is 72.3 Å². The maximum atomic E-state index is 13.8. The van der Waals surface area contributed by atoms with Gasteiger partial charge in [-0.15, -0.1) is 0 Å². The number of ether oxygens (including phenoxy) is 2. The second kappa shape index (κ2) is 15.8. The molecule has 3 heterocycles. The Balaban J connectivity index is 1.13. The Kier molecular flexibility index (Phi) is 10.9. The van der Waals surface area contributed by atoms with Crippen molar-refractivity contribution in [2.75, 3.05) is 62.5 Å². The maximum absolute atomic E-state index is 13.8. The van der Waals surface area contributed by atoms with E-state index in [-0.39, 0.29) is 5.82 Å². The van der Waals surface area contributed by atoms with Crippen LogP contribution in [0.1, 0.15) is 22.4 Å². The number of piperazine rings is 1. The molecule has 0 saturated carbocycles. The monoisotopic (exact) mass is 683 g/mol. The highest BCUT2D eigenvalue weighted by molar-refractivity contribution is 6.30. The van der Waals surface area contributed by atoms with Crippen LogP contribution in [0.15, 0.2) is 79.0 Å². The average Bonchev–Trinajstić information content (AvgIpc) is 3.49. The van der Waals surface area contributed by atoms with Crippen molar-refractivity contribution in [2.24, 2.45) is 0 Å². The molecular formula is C36H39ClFN9O2. The van der Waals surface area contributed by atoms with Crippen molar-refractivity contribution in [3.63, 3.8) is 0 Å². The van der Waals surface area contributed by atoms with Crippen LogP contribution in [0.3, 0.4) is 0 Å². The predicted octanol–water partition coefficient (Wildman–Crippen LogP) is 6.24. The van der Waals surface area contributed by atoms with Crippen LogP contribution in [0.5, 0.6) is 11.5 Å². The fourth-order valence-electron chi connectivity index (χ4n) is 5.49. The lowest BCUT2D eigenvalue weighted by atomic mass is 10.2. The number of hydrogen-bond acceptors (Lipinski definition) is 10. The van der Waals surface area contributed by atoms with Crippen LogP contribution >= 0.6 is 11.6 Å². The summed E-state index contributed by atoms with van der Waals surface area (Å²) >= 11 is 6.07. The lowest BCUT2D eigenvalue weighted by Crippen LogP contribution is -2.46. The van der Waals surface area contributed by atoms with Crippen LogP contribution in [0.4, 0.5) is 22.0 Å². The first-order chi connectivity index (χ1) is 23.9. The van der Waals surface area contributed by atoms with Crippen molar-refractivity contribution >= 4 is 35.3 Å². The molecule has 13 heteroatoms. The Labute approximate surface area is 290 Å². The van der Waals surface area contributed by atoms with Crippen LogP contribution < -0.4 is 25.0 Å². The highest BCUT2D eigenvalue weighted by Crippen LogP contribution is 2.23. The molecule has 1 saturated heterocycles. The molecule has 11 nitrogen and oxygen atoms in total. The molecule has 49 heavy (non-hydrogen) atoms. The summed E-state index contributed by atoms with van der Waals surface area (Å²) in [5.41, 5.74) is 4.79. The Hall–Kier alpha value is -5.20. The summed E-state index contributed by atoms with van der Waals surface area (Å²) in [4.78, 5) is 18.6. The molecule has 2 aromatic heterocycles. The van der Waals surface area contributed by atoms with E-state index in [2.05, 4.69) is 42.7 Å². The first-order valence-electron chi connectivity index (χ1n) is 16.0. The van der Waals surface area contributed by atoms with Crippen molar-refractivity contribution in [1.82, 2.24) is 29.6 Å². The van der Waals surface area contributed by atoms with Crippen LogP contribution in [0, 0.1) is 12.7 Å². The predicted molar refractivity (Wildman–Crippen MR) is 191 cm³/mol. The first-order valence-corrected chi connectivity index (χ1v) is 16.4. The van der Waals surface area contributed by atoms with E-state index in [1.165, 1.54) is 12.1 Å². The number of rotatable bonds is 13. The smallest absolute Gasteiger partial charge is 0.257 e. The minimum absolute atomic E-state index is 0.317. The number of halogens is 2. The van der Waals surface area contributed by atoms with E-state index < -0.39 is 0 Å². The molecular weight excluding hydrogens is 645 g/mol. The molecule has 1 aliphatic rings. The summed E-state index contributed by atoms with van der Waals surface area (Å²) in [7, 11) is 3.30. The molecule has 2 N–H and O–H groups in total. The molecule has 0 amide bonds. The largest absolute Gasteiger partial charge is 0.497 e. The van der Waals surface area contributed by atoms with Gasteiger partial charge in [0.05, 0.1) is 26.1 Å². The Morgan fingerprint density at radius 2 is 1.41 bits per heavy atom. The van der Waals surface area contributed by atoms with E-state index >= 15 is 0 Å². The standard InChI is InChI=1S/C36H39ClFN9O2/c1-25-28(5-4-14-45-15-17-46(18-16-45)31-20-29(37)19-30(38)21-31)24-41-47(25)36-43-34(39-22-26-6-10-32(48-2)11-7-26)42-35(44-36)40-23-27-8-12-33(49-3)13-9-27/h4-13,19-21,24H,14-18,22-23H2,1-3H3,(H2,39,40,42,43,44)/b5-4+. The lowest BCUT2D eigenvalue weighted by Gasteiger charge is -2.35. The van der Waals surface area contributed by atoms with E-state index in [1.807, 2.05) is 67.7 Å². The lowest BCUT2D eigenvalue weighted by molar-refractivity contribution is 0.284. The third kappa shape index (κ3) is 8.84. The molecule has 1 fully saturated rings. The number of nitrogens with one attached hydrogen (secondary N) is 2. The second-order valence-electron chi connectivity index (χ2n) is 11.6. The molecule has 254 valence electrons. The van der Waals surface area contributed by atoms with Gasteiger partial charge in [-0.25, -0.2) is 9.07 Å². The van der Waals surface area contributed by atoms with Crippen molar-refractivity contribution in [2.45, 2.75) is 20.0 Å².